The third kappa shape index (κ3) is 3.97. The van der Waals surface area contributed by atoms with Crippen LogP contribution in [-0.2, 0) is 0 Å². The summed E-state index contributed by atoms with van der Waals surface area (Å²) in [4.78, 5) is 2.57. The van der Waals surface area contributed by atoms with E-state index in [1.165, 1.54) is 32.4 Å². The number of hydrogen-bond donors (Lipinski definition) is 1. The van der Waals surface area contributed by atoms with Gasteiger partial charge in [0.1, 0.15) is 0 Å². The van der Waals surface area contributed by atoms with Crippen LogP contribution in [0.4, 0.5) is 0 Å². The fraction of sp³-hybridized carbons (Fsp3) is 1.00. The van der Waals surface area contributed by atoms with E-state index < -0.39 is 0 Å². The van der Waals surface area contributed by atoms with E-state index in [4.69, 9.17) is 5.73 Å². The molecule has 1 unspecified atom stereocenters. The van der Waals surface area contributed by atoms with E-state index in [1.807, 2.05) is 0 Å². The molecule has 2 N–H and O–H groups in total. The molecule has 0 bridgehead atoms. The highest BCUT2D eigenvalue weighted by molar-refractivity contribution is 4.85. The predicted molar refractivity (Wildman–Crippen MR) is 64.5 cm³/mol. The first-order valence-electron chi connectivity index (χ1n) is 6.09. The Balaban J connectivity index is 4.27. The van der Waals surface area contributed by atoms with Gasteiger partial charge in [-0.1, -0.05) is 27.2 Å². The zero-order valence-electron chi connectivity index (χ0n) is 10.5. The van der Waals surface area contributed by atoms with Crippen LogP contribution in [-0.4, -0.2) is 30.1 Å². The second kappa shape index (κ2) is 7.24. The Morgan fingerprint density at radius 3 is 2.07 bits per heavy atom. The van der Waals surface area contributed by atoms with Gasteiger partial charge in [-0.2, -0.15) is 0 Å². The molecule has 1 atom stereocenters. The molecule has 0 saturated heterocycles. The maximum absolute atomic E-state index is 5.88. The zero-order valence-corrected chi connectivity index (χ0v) is 10.5. The maximum atomic E-state index is 5.88. The minimum absolute atomic E-state index is 0.213. The average molecular weight is 200 g/mol. The summed E-state index contributed by atoms with van der Waals surface area (Å²) in [5.41, 5.74) is 6.09. The Labute approximate surface area is 89.9 Å². The van der Waals surface area contributed by atoms with Crippen molar-refractivity contribution >= 4 is 0 Å². The molecule has 0 radical (unpaired) electrons. The van der Waals surface area contributed by atoms with Crippen molar-refractivity contribution < 1.29 is 0 Å². The molecule has 0 aromatic carbocycles. The molecular weight excluding hydrogens is 172 g/mol. The molecule has 14 heavy (non-hydrogen) atoms. The number of nitrogens with two attached hydrogens (primary N) is 1. The molecule has 0 rings (SSSR count). The Kier molecular flexibility index (Phi) is 7.20. The Bertz CT molecular complexity index is 130. The smallest absolute Gasteiger partial charge is 0.0300 e. The molecule has 0 aliphatic rings. The third-order valence-corrected chi connectivity index (χ3v) is 3.24. The van der Waals surface area contributed by atoms with Gasteiger partial charge in [-0.05, 0) is 39.3 Å². The molecule has 0 spiro atoms. The van der Waals surface area contributed by atoms with E-state index in [9.17, 15) is 0 Å². The largest absolute Gasteiger partial charge is 0.329 e. The summed E-state index contributed by atoms with van der Waals surface area (Å²) in [6.07, 6.45) is 4.92. The second-order valence-electron chi connectivity index (χ2n) is 4.40. The summed E-state index contributed by atoms with van der Waals surface area (Å²) in [7, 11) is 0. The van der Waals surface area contributed by atoms with E-state index in [0.29, 0.717) is 0 Å². The highest BCUT2D eigenvalue weighted by Crippen LogP contribution is 2.18. The Morgan fingerprint density at radius 1 is 1.07 bits per heavy atom. The summed E-state index contributed by atoms with van der Waals surface area (Å²) < 4.78 is 0. The van der Waals surface area contributed by atoms with Crippen LogP contribution in [0.2, 0.25) is 0 Å². The Morgan fingerprint density at radius 2 is 1.71 bits per heavy atom. The molecule has 0 fully saturated rings. The number of hydrogen-bond acceptors (Lipinski definition) is 2. The Hall–Kier alpha value is -0.0800. The number of nitrogens with zero attached hydrogens (tertiary/aromatic N) is 1. The first-order chi connectivity index (χ1) is 6.64. The third-order valence-electron chi connectivity index (χ3n) is 3.24. The highest BCUT2D eigenvalue weighted by atomic mass is 15.2. The van der Waals surface area contributed by atoms with Crippen molar-refractivity contribution in [3.63, 3.8) is 0 Å². The van der Waals surface area contributed by atoms with Gasteiger partial charge in [-0.15, -0.1) is 0 Å². The van der Waals surface area contributed by atoms with Gasteiger partial charge in [-0.25, -0.2) is 0 Å². The molecular formula is C12H28N2. The van der Waals surface area contributed by atoms with Crippen LogP contribution in [0.25, 0.3) is 0 Å². The van der Waals surface area contributed by atoms with Gasteiger partial charge in [0, 0.05) is 12.1 Å². The molecule has 0 aliphatic heterocycles. The van der Waals surface area contributed by atoms with Crippen molar-refractivity contribution in [3.8, 4) is 0 Å². The standard InChI is InChI=1S/C12H28N2/c1-5-8-10-14(9-6-2)12(4,7-3)11-13/h5-11,13H2,1-4H3. The lowest BCUT2D eigenvalue weighted by atomic mass is 9.95. The van der Waals surface area contributed by atoms with Gasteiger partial charge in [0.15, 0.2) is 0 Å². The average Bonchev–Trinajstić information content (AvgIpc) is 2.23. The molecule has 0 aromatic heterocycles. The van der Waals surface area contributed by atoms with Crippen molar-refractivity contribution in [1.29, 1.82) is 0 Å². The van der Waals surface area contributed by atoms with Crippen LogP contribution in [0, 0.1) is 0 Å². The molecule has 0 saturated carbocycles. The molecule has 0 aliphatic carbocycles. The molecule has 0 aromatic rings. The van der Waals surface area contributed by atoms with Crippen LogP contribution < -0.4 is 5.73 Å². The zero-order chi connectivity index (χ0) is 11.0. The van der Waals surface area contributed by atoms with Crippen LogP contribution >= 0.6 is 0 Å². The lowest BCUT2D eigenvalue weighted by molar-refractivity contribution is 0.104. The van der Waals surface area contributed by atoms with E-state index in [1.54, 1.807) is 0 Å². The number of unbranched alkanes of at least 4 members (excludes halogenated alkanes) is 1. The summed E-state index contributed by atoms with van der Waals surface area (Å²) in [6.45, 7) is 12.2. The van der Waals surface area contributed by atoms with Crippen LogP contribution in [0.15, 0.2) is 0 Å². The van der Waals surface area contributed by atoms with Crippen molar-refractivity contribution in [3.05, 3.63) is 0 Å². The highest BCUT2D eigenvalue weighted by Gasteiger charge is 2.27. The lowest BCUT2D eigenvalue weighted by Crippen LogP contribution is -2.51. The quantitative estimate of drug-likeness (QED) is 0.652. The number of rotatable bonds is 8. The molecule has 2 nitrogen and oxygen atoms in total. The van der Waals surface area contributed by atoms with Gasteiger partial charge in [0.25, 0.3) is 0 Å². The minimum Gasteiger partial charge on any atom is -0.329 e. The monoisotopic (exact) mass is 200 g/mol. The first kappa shape index (κ1) is 13.9. The van der Waals surface area contributed by atoms with E-state index in [0.717, 1.165) is 13.0 Å². The topological polar surface area (TPSA) is 29.3 Å². The summed E-state index contributed by atoms with van der Waals surface area (Å²) in [6, 6.07) is 0. The fourth-order valence-electron chi connectivity index (χ4n) is 1.77. The van der Waals surface area contributed by atoms with E-state index >= 15 is 0 Å². The minimum atomic E-state index is 0.213. The van der Waals surface area contributed by atoms with Crippen LogP contribution in [0.5, 0.6) is 0 Å². The van der Waals surface area contributed by atoms with Gasteiger partial charge >= 0.3 is 0 Å². The van der Waals surface area contributed by atoms with E-state index in [2.05, 4.69) is 32.6 Å². The summed E-state index contributed by atoms with van der Waals surface area (Å²) in [5, 5.41) is 0. The molecule has 0 amide bonds. The second-order valence-corrected chi connectivity index (χ2v) is 4.40. The van der Waals surface area contributed by atoms with Crippen LogP contribution in [0.1, 0.15) is 53.4 Å². The SMILES string of the molecule is CCCCN(CCC)C(C)(CC)CN. The fourth-order valence-corrected chi connectivity index (χ4v) is 1.77. The first-order valence-corrected chi connectivity index (χ1v) is 6.09. The van der Waals surface area contributed by atoms with Crippen molar-refractivity contribution in [2.75, 3.05) is 19.6 Å². The lowest BCUT2D eigenvalue weighted by Gasteiger charge is -2.40. The molecule has 86 valence electrons. The normalized spacial score (nSPS) is 15.9. The van der Waals surface area contributed by atoms with Gasteiger partial charge < -0.3 is 5.73 Å². The van der Waals surface area contributed by atoms with Gasteiger partial charge in [0.05, 0.1) is 0 Å². The molecule has 0 heterocycles. The van der Waals surface area contributed by atoms with Gasteiger partial charge in [0.2, 0.25) is 0 Å². The molecule has 2 heteroatoms. The van der Waals surface area contributed by atoms with Crippen LogP contribution in [0.3, 0.4) is 0 Å². The summed E-state index contributed by atoms with van der Waals surface area (Å²) >= 11 is 0. The van der Waals surface area contributed by atoms with Crippen molar-refractivity contribution in [1.82, 2.24) is 4.90 Å². The van der Waals surface area contributed by atoms with Crippen molar-refractivity contribution in [2.24, 2.45) is 5.73 Å². The van der Waals surface area contributed by atoms with Gasteiger partial charge in [-0.3, -0.25) is 4.90 Å². The maximum Gasteiger partial charge on any atom is 0.0300 e. The van der Waals surface area contributed by atoms with E-state index in [-0.39, 0.29) is 5.54 Å². The van der Waals surface area contributed by atoms with Crippen molar-refractivity contribution in [2.45, 2.75) is 58.9 Å². The summed E-state index contributed by atoms with van der Waals surface area (Å²) in [5.74, 6) is 0. The predicted octanol–water partition coefficient (Wildman–Crippen LogP) is 2.63.